The molecule has 0 saturated heterocycles. The van der Waals surface area contributed by atoms with Crippen molar-refractivity contribution in [2.75, 3.05) is 19.6 Å². The van der Waals surface area contributed by atoms with Gasteiger partial charge in [-0.05, 0) is 58.1 Å². The molecule has 2 atom stereocenters. The molecule has 1 heterocycles. The zero-order chi connectivity index (χ0) is 20.6. The normalized spacial score (nSPS) is 18.4. The molecule has 1 aliphatic carbocycles. The number of halogens is 1. The number of aliphatic imine (C=N–C) groups is 1. The number of ether oxygens (including phenoxy) is 1. The van der Waals surface area contributed by atoms with Gasteiger partial charge in [0.2, 0.25) is 0 Å². The van der Waals surface area contributed by atoms with E-state index in [0.717, 1.165) is 24.5 Å². The van der Waals surface area contributed by atoms with Gasteiger partial charge in [0.15, 0.2) is 5.96 Å². The van der Waals surface area contributed by atoms with Crippen LogP contribution in [-0.2, 0) is 11.3 Å². The van der Waals surface area contributed by atoms with Crippen molar-refractivity contribution in [2.24, 2.45) is 10.9 Å². The van der Waals surface area contributed by atoms with Crippen LogP contribution in [-0.4, -0.2) is 53.2 Å². The Hall–Kier alpha value is -1.58. The van der Waals surface area contributed by atoms with E-state index in [-0.39, 0.29) is 30.1 Å². The van der Waals surface area contributed by atoms with Gasteiger partial charge in [0.25, 0.3) is 0 Å². The quantitative estimate of drug-likeness (QED) is 0.238. The van der Waals surface area contributed by atoms with Crippen molar-refractivity contribution in [3.63, 3.8) is 0 Å². The van der Waals surface area contributed by atoms with Gasteiger partial charge in [-0.25, -0.2) is 4.79 Å². The molecule has 1 aromatic heterocycles. The Morgan fingerprint density at radius 3 is 2.69 bits per heavy atom. The first-order valence-corrected chi connectivity index (χ1v) is 10.2. The van der Waals surface area contributed by atoms with Crippen LogP contribution in [0, 0.1) is 5.92 Å². The van der Waals surface area contributed by atoms with E-state index < -0.39 is 5.60 Å². The molecule has 2 unspecified atom stereocenters. The van der Waals surface area contributed by atoms with Gasteiger partial charge in [-0.15, -0.1) is 24.0 Å². The second kappa shape index (κ2) is 12.2. The molecule has 2 N–H and O–H groups in total. The van der Waals surface area contributed by atoms with Crippen LogP contribution in [0.1, 0.15) is 53.0 Å². The van der Waals surface area contributed by atoms with E-state index in [1.807, 2.05) is 32.9 Å². The number of guanidine groups is 1. The molecule has 29 heavy (non-hydrogen) atoms. The monoisotopic (exact) mass is 517 g/mol. The summed E-state index contributed by atoms with van der Waals surface area (Å²) < 4.78 is 5.57. The van der Waals surface area contributed by atoms with Crippen LogP contribution in [0.3, 0.4) is 0 Å². The van der Waals surface area contributed by atoms with Crippen LogP contribution < -0.4 is 10.6 Å². The SMILES string of the molecule is CCNC(=NCCCN(Cc1cccnc1)C(=O)OC(C)(C)C)NC1CC1C.I. The molecule has 0 spiro atoms. The lowest BCUT2D eigenvalue weighted by molar-refractivity contribution is 0.0232. The standard InChI is InChI=1S/C21H35N5O2.HI/c1-6-23-19(25-18-13-16(18)2)24-11-8-12-26(20(27)28-21(3,4)5)15-17-9-7-10-22-14-17;/h7,9-10,14,16,18H,6,8,11-13,15H2,1-5H3,(H2,23,24,25);1H. The number of aromatic nitrogens is 1. The molecule has 2 rings (SSSR count). The van der Waals surface area contributed by atoms with Crippen molar-refractivity contribution in [3.05, 3.63) is 30.1 Å². The Labute approximate surface area is 192 Å². The van der Waals surface area contributed by atoms with Crippen LogP contribution in [0.4, 0.5) is 4.79 Å². The molecule has 1 aliphatic rings. The average Bonchev–Trinajstić information content (AvgIpc) is 3.31. The lowest BCUT2D eigenvalue weighted by atomic mass is 10.2. The zero-order valence-corrected chi connectivity index (χ0v) is 20.6. The minimum Gasteiger partial charge on any atom is -0.444 e. The van der Waals surface area contributed by atoms with Crippen LogP contribution in [0.5, 0.6) is 0 Å². The molecular formula is C21H36IN5O2. The van der Waals surface area contributed by atoms with Crippen molar-refractivity contribution in [2.45, 2.75) is 65.6 Å². The number of carbonyl (C=O) groups is 1. The minimum atomic E-state index is -0.522. The van der Waals surface area contributed by atoms with E-state index in [0.29, 0.717) is 31.6 Å². The Bertz CT molecular complexity index is 648. The lowest BCUT2D eigenvalue weighted by Crippen LogP contribution is -2.39. The van der Waals surface area contributed by atoms with E-state index in [1.54, 1.807) is 17.3 Å². The summed E-state index contributed by atoms with van der Waals surface area (Å²) in [6.45, 7) is 12.5. The maximum atomic E-state index is 12.6. The summed E-state index contributed by atoms with van der Waals surface area (Å²) in [6.07, 6.45) is 5.15. The van der Waals surface area contributed by atoms with Gasteiger partial charge in [-0.1, -0.05) is 13.0 Å². The summed E-state index contributed by atoms with van der Waals surface area (Å²) in [4.78, 5) is 23.1. The van der Waals surface area contributed by atoms with Gasteiger partial charge < -0.3 is 20.3 Å². The van der Waals surface area contributed by atoms with E-state index in [9.17, 15) is 4.79 Å². The number of carbonyl (C=O) groups excluding carboxylic acids is 1. The largest absolute Gasteiger partial charge is 0.444 e. The first-order chi connectivity index (χ1) is 13.3. The minimum absolute atomic E-state index is 0. The first-order valence-electron chi connectivity index (χ1n) is 10.2. The number of hydrogen-bond acceptors (Lipinski definition) is 4. The predicted octanol–water partition coefficient (Wildman–Crippen LogP) is 3.79. The molecule has 164 valence electrons. The van der Waals surface area contributed by atoms with Crippen molar-refractivity contribution >= 4 is 36.0 Å². The average molecular weight is 517 g/mol. The number of pyridine rings is 1. The van der Waals surface area contributed by atoms with E-state index in [1.165, 1.54) is 6.42 Å². The molecule has 0 aliphatic heterocycles. The molecule has 1 fully saturated rings. The van der Waals surface area contributed by atoms with Crippen molar-refractivity contribution in [1.29, 1.82) is 0 Å². The highest BCUT2D eigenvalue weighted by Gasteiger charge is 2.33. The molecule has 0 aromatic carbocycles. The Balaban J connectivity index is 0.00000420. The highest BCUT2D eigenvalue weighted by Crippen LogP contribution is 2.28. The molecule has 0 bridgehead atoms. The first kappa shape index (κ1) is 25.5. The van der Waals surface area contributed by atoms with Crippen LogP contribution in [0.2, 0.25) is 0 Å². The summed E-state index contributed by atoms with van der Waals surface area (Å²) in [5, 5.41) is 6.73. The molecule has 7 nitrogen and oxygen atoms in total. The summed E-state index contributed by atoms with van der Waals surface area (Å²) >= 11 is 0. The van der Waals surface area contributed by atoms with Crippen molar-refractivity contribution < 1.29 is 9.53 Å². The van der Waals surface area contributed by atoms with Crippen LogP contribution in [0.25, 0.3) is 0 Å². The van der Waals surface area contributed by atoms with E-state index >= 15 is 0 Å². The fourth-order valence-corrected chi connectivity index (χ4v) is 2.74. The molecular weight excluding hydrogens is 481 g/mol. The fourth-order valence-electron chi connectivity index (χ4n) is 2.74. The van der Waals surface area contributed by atoms with E-state index in [2.05, 4.69) is 34.5 Å². The molecule has 1 saturated carbocycles. The summed E-state index contributed by atoms with van der Waals surface area (Å²) in [5.41, 5.74) is 0.459. The smallest absolute Gasteiger partial charge is 0.410 e. The molecule has 1 amide bonds. The lowest BCUT2D eigenvalue weighted by Gasteiger charge is -2.27. The number of amides is 1. The van der Waals surface area contributed by atoms with Gasteiger partial charge in [0.05, 0.1) is 6.54 Å². The number of nitrogens with one attached hydrogen (secondary N) is 2. The molecule has 1 aromatic rings. The van der Waals surface area contributed by atoms with Gasteiger partial charge in [-0.3, -0.25) is 9.98 Å². The highest BCUT2D eigenvalue weighted by molar-refractivity contribution is 14.0. The van der Waals surface area contributed by atoms with Gasteiger partial charge in [-0.2, -0.15) is 0 Å². The number of rotatable bonds is 8. The Morgan fingerprint density at radius 1 is 1.41 bits per heavy atom. The number of hydrogen-bond donors (Lipinski definition) is 2. The summed E-state index contributed by atoms with van der Waals surface area (Å²) in [7, 11) is 0. The maximum Gasteiger partial charge on any atom is 0.410 e. The second-order valence-electron chi connectivity index (χ2n) is 8.34. The molecule has 8 heteroatoms. The summed E-state index contributed by atoms with van der Waals surface area (Å²) in [5.74, 6) is 1.57. The number of nitrogens with zero attached hydrogens (tertiary/aromatic N) is 3. The van der Waals surface area contributed by atoms with E-state index in [4.69, 9.17) is 4.74 Å². The van der Waals surface area contributed by atoms with Gasteiger partial charge >= 0.3 is 6.09 Å². The fraction of sp³-hybridized carbons (Fsp3) is 0.667. The van der Waals surface area contributed by atoms with Crippen LogP contribution in [0.15, 0.2) is 29.5 Å². The molecule has 0 radical (unpaired) electrons. The summed E-state index contributed by atoms with van der Waals surface area (Å²) in [6, 6.07) is 4.37. The third kappa shape index (κ3) is 10.1. The Kier molecular flexibility index (Phi) is 10.7. The second-order valence-corrected chi connectivity index (χ2v) is 8.34. The highest BCUT2D eigenvalue weighted by atomic mass is 127. The third-order valence-electron chi connectivity index (χ3n) is 4.38. The third-order valence-corrected chi connectivity index (χ3v) is 4.38. The predicted molar refractivity (Wildman–Crippen MR) is 128 cm³/mol. The van der Waals surface area contributed by atoms with Gasteiger partial charge in [0.1, 0.15) is 5.60 Å². The maximum absolute atomic E-state index is 12.6. The Morgan fingerprint density at radius 2 is 2.14 bits per heavy atom. The topological polar surface area (TPSA) is 78.9 Å². The van der Waals surface area contributed by atoms with Crippen molar-refractivity contribution in [1.82, 2.24) is 20.5 Å². The van der Waals surface area contributed by atoms with Gasteiger partial charge in [0, 0.05) is 38.1 Å². The zero-order valence-electron chi connectivity index (χ0n) is 18.3. The van der Waals surface area contributed by atoms with Crippen molar-refractivity contribution in [3.8, 4) is 0 Å². The van der Waals surface area contributed by atoms with Crippen LogP contribution >= 0.6 is 24.0 Å².